The maximum atomic E-state index is 9.94. The van der Waals surface area contributed by atoms with Crippen molar-refractivity contribution in [1.82, 2.24) is 10.2 Å². The molecule has 0 fully saturated rings. The minimum atomic E-state index is -0.498. The predicted molar refractivity (Wildman–Crippen MR) is 131 cm³/mol. The van der Waals surface area contributed by atoms with Crippen LogP contribution in [-0.4, -0.2) is 10.2 Å². The van der Waals surface area contributed by atoms with Crippen molar-refractivity contribution in [2.75, 3.05) is 0 Å². The number of aromatic amines is 1. The molecule has 0 aliphatic carbocycles. The number of nitrogens with one attached hydrogen (secondary N) is 1. The molecule has 3 aromatic carbocycles. The second-order valence-corrected chi connectivity index (χ2v) is 8.55. The van der Waals surface area contributed by atoms with Gasteiger partial charge in [-0.05, 0) is 35.9 Å². The Balaban J connectivity index is 1.55. The first-order valence-corrected chi connectivity index (χ1v) is 11.2. The molecule has 1 aliphatic heterocycles. The van der Waals surface area contributed by atoms with E-state index in [1.54, 1.807) is 12.1 Å². The molecule has 8 heteroatoms. The Morgan fingerprint density at radius 2 is 1.85 bits per heavy atom. The van der Waals surface area contributed by atoms with E-state index in [1.807, 2.05) is 60.7 Å². The number of rotatable bonds is 5. The Kier molecular flexibility index (Phi) is 5.89. The summed E-state index contributed by atoms with van der Waals surface area (Å²) in [6.45, 7) is 0.312. The molecule has 2 heterocycles. The van der Waals surface area contributed by atoms with Crippen LogP contribution < -0.4 is 15.2 Å². The first-order valence-electron chi connectivity index (χ1n) is 10.4. The van der Waals surface area contributed by atoms with E-state index in [-0.39, 0.29) is 5.88 Å². The Bertz CT molecular complexity index is 1440. The molecular weight excluding hydrogens is 471 g/mol. The number of nitriles is 1. The van der Waals surface area contributed by atoms with Gasteiger partial charge in [-0.2, -0.15) is 5.26 Å². The minimum absolute atomic E-state index is 0.0246. The third kappa shape index (κ3) is 4.08. The van der Waals surface area contributed by atoms with Crippen molar-refractivity contribution < 1.29 is 9.47 Å². The quantitative estimate of drug-likeness (QED) is 0.349. The number of nitrogens with two attached hydrogens (primary N) is 1. The van der Waals surface area contributed by atoms with E-state index >= 15 is 0 Å². The smallest absolute Gasteiger partial charge is 0.244 e. The number of benzene rings is 3. The molecular formula is C26H18Cl2N4O2. The fraction of sp³-hybridized carbons (Fsp3) is 0.0769. The van der Waals surface area contributed by atoms with Crippen molar-refractivity contribution in [3.05, 3.63) is 111 Å². The summed E-state index contributed by atoms with van der Waals surface area (Å²) in [7, 11) is 0. The van der Waals surface area contributed by atoms with E-state index < -0.39 is 5.92 Å². The maximum absolute atomic E-state index is 9.94. The highest BCUT2D eigenvalue weighted by atomic mass is 35.5. The first-order chi connectivity index (χ1) is 16.5. The highest BCUT2D eigenvalue weighted by Crippen LogP contribution is 2.46. The van der Waals surface area contributed by atoms with Crippen LogP contribution in [0.15, 0.2) is 84.3 Å². The van der Waals surface area contributed by atoms with Gasteiger partial charge in [0.25, 0.3) is 0 Å². The molecule has 4 aromatic rings. The zero-order valence-corrected chi connectivity index (χ0v) is 19.3. The third-order valence-electron chi connectivity index (χ3n) is 5.62. The van der Waals surface area contributed by atoms with Gasteiger partial charge in [-0.25, -0.2) is 0 Å². The van der Waals surface area contributed by atoms with Crippen LogP contribution in [0.1, 0.15) is 22.6 Å². The molecule has 0 amide bonds. The molecule has 1 aromatic heterocycles. The number of nitrogens with zero attached hydrogens (tertiary/aromatic N) is 2. The molecule has 1 unspecified atom stereocenters. The van der Waals surface area contributed by atoms with Crippen molar-refractivity contribution in [3.8, 4) is 29.0 Å². The summed E-state index contributed by atoms with van der Waals surface area (Å²) < 4.78 is 11.7. The van der Waals surface area contributed by atoms with Crippen molar-refractivity contribution in [3.63, 3.8) is 0 Å². The minimum Gasteiger partial charge on any atom is -0.489 e. The normalized spacial score (nSPS) is 14.8. The number of hydrogen-bond acceptors (Lipinski definition) is 5. The van der Waals surface area contributed by atoms with Crippen LogP contribution >= 0.6 is 23.2 Å². The molecule has 0 spiro atoms. The average molecular weight is 489 g/mol. The van der Waals surface area contributed by atoms with E-state index in [9.17, 15) is 5.26 Å². The van der Waals surface area contributed by atoms with Gasteiger partial charge in [0.15, 0.2) is 0 Å². The van der Waals surface area contributed by atoms with Crippen molar-refractivity contribution in [1.29, 1.82) is 5.26 Å². The third-order valence-corrected chi connectivity index (χ3v) is 6.24. The van der Waals surface area contributed by atoms with Crippen LogP contribution in [-0.2, 0) is 6.61 Å². The van der Waals surface area contributed by atoms with Gasteiger partial charge >= 0.3 is 0 Å². The standard InChI is InChI=1S/C26H18Cl2N4O2/c27-18-10-8-15(9-11-18)24-23-22(20(13-29)25(30)34-26(23)32-31-24)16-5-3-6-19(12-16)33-14-17-4-1-2-7-21(17)28/h1-12,22H,14,30H2,(H,31,32). The second-order valence-electron chi connectivity index (χ2n) is 7.70. The molecule has 0 saturated heterocycles. The summed E-state index contributed by atoms with van der Waals surface area (Å²) in [4.78, 5) is 0. The average Bonchev–Trinajstić information content (AvgIpc) is 3.26. The Hall–Kier alpha value is -3.92. The number of ether oxygens (including phenoxy) is 2. The summed E-state index contributed by atoms with van der Waals surface area (Å²) >= 11 is 12.3. The van der Waals surface area contributed by atoms with Crippen LogP contribution in [0.2, 0.25) is 10.0 Å². The molecule has 1 atom stereocenters. The van der Waals surface area contributed by atoms with Crippen molar-refractivity contribution in [2.24, 2.45) is 5.73 Å². The van der Waals surface area contributed by atoms with Gasteiger partial charge < -0.3 is 15.2 Å². The Morgan fingerprint density at radius 3 is 2.62 bits per heavy atom. The topological polar surface area (TPSA) is 97.0 Å². The lowest BCUT2D eigenvalue weighted by molar-refractivity contribution is 0.306. The summed E-state index contributed by atoms with van der Waals surface area (Å²) in [5, 5.41) is 18.5. The van der Waals surface area contributed by atoms with Gasteiger partial charge in [0.2, 0.25) is 11.8 Å². The number of H-pyrrole nitrogens is 1. The highest BCUT2D eigenvalue weighted by Gasteiger charge is 2.35. The van der Waals surface area contributed by atoms with Crippen molar-refractivity contribution >= 4 is 23.2 Å². The largest absolute Gasteiger partial charge is 0.489 e. The summed E-state index contributed by atoms with van der Waals surface area (Å²) in [6, 6.07) is 24.6. The number of halogens is 2. The highest BCUT2D eigenvalue weighted by molar-refractivity contribution is 6.31. The van der Waals surface area contributed by atoms with Crippen LogP contribution in [0.5, 0.6) is 11.6 Å². The summed E-state index contributed by atoms with van der Waals surface area (Å²) in [5.41, 5.74) is 10.4. The van der Waals surface area contributed by atoms with Gasteiger partial charge in [-0.3, -0.25) is 5.10 Å². The molecule has 0 saturated carbocycles. The molecule has 0 radical (unpaired) electrons. The molecule has 34 heavy (non-hydrogen) atoms. The van der Waals surface area contributed by atoms with Crippen LogP contribution in [0.25, 0.3) is 11.3 Å². The van der Waals surface area contributed by atoms with Gasteiger partial charge in [-0.15, -0.1) is 5.10 Å². The molecule has 3 N–H and O–H groups in total. The van der Waals surface area contributed by atoms with Crippen LogP contribution in [0, 0.1) is 11.3 Å². The van der Waals surface area contributed by atoms with E-state index in [0.29, 0.717) is 33.9 Å². The fourth-order valence-corrected chi connectivity index (χ4v) is 4.29. The predicted octanol–water partition coefficient (Wildman–Crippen LogP) is 6.18. The Labute approximate surface area is 206 Å². The van der Waals surface area contributed by atoms with Gasteiger partial charge in [0, 0.05) is 21.2 Å². The molecule has 0 bridgehead atoms. The Morgan fingerprint density at radius 1 is 1.06 bits per heavy atom. The van der Waals surface area contributed by atoms with Gasteiger partial charge in [0.1, 0.15) is 24.0 Å². The summed E-state index contributed by atoms with van der Waals surface area (Å²) in [6.07, 6.45) is 0. The van der Waals surface area contributed by atoms with Crippen LogP contribution in [0.3, 0.4) is 0 Å². The van der Waals surface area contributed by atoms with E-state index in [1.165, 1.54) is 0 Å². The number of hydrogen-bond donors (Lipinski definition) is 2. The molecule has 5 rings (SSSR count). The monoisotopic (exact) mass is 488 g/mol. The van der Waals surface area contributed by atoms with Gasteiger partial charge in [-0.1, -0.05) is 65.7 Å². The van der Waals surface area contributed by atoms with Crippen LogP contribution in [0.4, 0.5) is 0 Å². The van der Waals surface area contributed by atoms with E-state index in [4.69, 9.17) is 38.4 Å². The second kappa shape index (κ2) is 9.14. The first kappa shape index (κ1) is 21.9. The SMILES string of the molecule is N#CC1=C(N)Oc2n[nH]c(-c3ccc(Cl)cc3)c2C1c1cccc(OCc2ccccc2Cl)c1. The number of allylic oxidation sites excluding steroid dienone is 1. The molecule has 6 nitrogen and oxygen atoms in total. The van der Waals surface area contributed by atoms with E-state index in [2.05, 4.69) is 16.3 Å². The lowest BCUT2D eigenvalue weighted by Gasteiger charge is -2.24. The fourth-order valence-electron chi connectivity index (χ4n) is 3.98. The van der Waals surface area contributed by atoms with E-state index in [0.717, 1.165) is 27.9 Å². The zero-order chi connectivity index (χ0) is 23.7. The zero-order valence-electron chi connectivity index (χ0n) is 17.8. The lowest BCUT2D eigenvalue weighted by Crippen LogP contribution is -2.21. The molecule has 168 valence electrons. The lowest BCUT2D eigenvalue weighted by atomic mass is 9.83. The maximum Gasteiger partial charge on any atom is 0.244 e. The van der Waals surface area contributed by atoms with Crippen molar-refractivity contribution in [2.45, 2.75) is 12.5 Å². The number of aromatic nitrogens is 2. The van der Waals surface area contributed by atoms with Gasteiger partial charge in [0.05, 0.1) is 17.2 Å². The molecule has 1 aliphatic rings. The number of fused-ring (bicyclic) bond motifs is 1. The summed E-state index contributed by atoms with van der Waals surface area (Å²) in [5.74, 6) is 0.491.